The van der Waals surface area contributed by atoms with Gasteiger partial charge in [0.05, 0.1) is 3.79 Å². The van der Waals surface area contributed by atoms with Crippen LogP contribution in [0.4, 0.5) is 0 Å². The lowest BCUT2D eigenvalue weighted by Crippen LogP contribution is -2.14. The Balaban J connectivity index is 2.66. The minimum Gasteiger partial charge on any atom is -0.312 e. The third kappa shape index (κ3) is 2.57. The van der Waals surface area contributed by atoms with Gasteiger partial charge in [-0.15, -0.1) is 11.3 Å². The summed E-state index contributed by atoms with van der Waals surface area (Å²) in [4.78, 5) is 1.42. The second-order valence-electron chi connectivity index (χ2n) is 2.77. The number of hydrogen-bond donors (Lipinski definition) is 1. The molecule has 1 N–H and O–H groups in total. The first-order chi connectivity index (χ1) is 5.77. The van der Waals surface area contributed by atoms with Crippen molar-refractivity contribution in [1.82, 2.24) is 5.32 Å². The molecule has 0 saturated carbocycles. The number of thiophene rings is 1. The molecule has 68 valence electrons. The monoisotopic (exact) mass is 247 g/mol. The first kappa shape index (κ1) is 10.2. The van der Waals surface area contributed by atoms with Crippen molar-refractivity contribution in [3.8, 4) is 0 Å². The molecule has 12 heavy (non-hydrogen) atoms. The van der Waals surface area contributed by atoms with E-state index in [4.69, 9.17) is 0 Å². The Bertz CT molecular complexity index is 234. The van der Waals surface area contributed by atoms with Gasteiger partial charge in [0.25, 0.3) is 0 Å². The third-order valence-electron chi connectivity index (χ3n) is 1.86. The number of nitrogens with one attached hydrogen (secondary N) is 1. The van der Waals surface area contributed by atoms with Crippen LogP contribution in [-0.4, -0.2) is 7.05 Å². The normalized spacial score (nSPS) is 13.2. The minimum atomic E-state index is 0.534. The Kier molecular flexibility index (Phi) is 4.26. The van der Waals surface area contributed by atoms with E-state index in [1.807, 2.05) is 18.4 Å². The van der Waals surface area contributed by atoms with E-state index in [2.05, 4.69) is 40.3 Å². The molecule has 0 radical (unpaired) electrons. The van der Waals surface area contributed by atoms with Crippen LogP contribution in [-0.2, 0) is 0 Å². The Hall–Kier alpha value is 0.140. The summed E-state index contributed by atoms with van der Waals surface area (Å²) in [6.45, 7) is 2.22. The maximum atomic E-state index is 3.47. The molecule has 1 atom stereocenters. The molecule has 1 nitrogen and oxygen atoms in total. The van der Waals surface area contributed by atoms with E-state index < -0.39 is 0 Å². The average molecular weight is 248 g/mol. The topological polar surface area (TPSA) is 12.0 Å². The highest BCUT2D eigenvalue weighted by Gasteiger charge is 2.09. The fraction of sp³-hybridized carbons (Fsp3) is 0.556. The van der Waals surface area contributed by atoms with Gasteiger partial charge in [0, 0.05) is 10.9 Å². The highest BCUT2D eigenvalue weighted by molar-refractivity contribution is 9.11. The van der Waals surface area contributed by atoms with Crippen LogP contribution in [0.5, 0.6) is 0 Å². The minimum absolute atomic E-state index is 0.534. The van der Waals surface area contributed by atoms with Gasteiger partial charge in [-0.3, -0.25) is 0 Å². The molecule has 0 aliphatic heterocycles. The molecular weight excluding hydrogens is 234 g/mol. The molecule has 0 spiro atoms. The maximum Gasteiger partial charge on any atom is 0.0701 e. The quantitative estimate of drug-likeness (QED) is 0.858. The first-order valence-corrected chi connectivity index (χ1v) is 5.81. The summed E-state index contributed by atoms with van der Waals surface area (Å²) < 4.78 is 1.22. The molecule has 0 fully saturated rings. The van der Waals surface area contributed by atoms with Gasteiger partial charge in [-0.1, -0.05) is 13.3 Å². The van der Waals surface area contributed by atoms with E-state index in [9.17, 15) is 0 Å². The van der Waals surface area contributed by atoms with E-state index >= 15 is 0 Å². The van der Waals surface area contributed by atoms with E-state index in [-0.39, 0.29) is 0 Å². The summed E-state index contributed by atoms with van der Waals surface area (Å²) in [6.07, 6.45) is 2.43. The van der Waals surface area contributed by atoms with Crippen molar-refractivity contribution in [2.75, 3.05) is 7.05 Å². The molecule has 1 aromatic heterocycles. The van der Waals surface area contributed by atoms with Crippen LogP contribution in [0.25, 0.3) is 0 Å². The van der Waals surface area contributed by atoms with Crippen molar-refractivity contribution in [1.29, 1.82) is 0 Å². The molecule has 1 rings (SSSR count). The van der Waals surface area contributed by atoms with E-state index in [1.165, 1.54) is 21.5 Å². The summed E-state index contributed by atoms with van der Waals surface area (Å²) in [5.74, 6) is 0. The summed E-state index contributed by atoms with van der Waals surface area (Å²) in [6, 6.07) is 4.83. The second kappa shape index (κ2) is 5.00. The maximum absolute atomic E-state index is 3.47. The number of hydrogen-bond acceptors (Lipinski definition) is 2. The summed E-state index contributed by atoms with van der Waals surface area (Å²) >= 11 is 5.29. The predicted octanol–water partition coefficient (Wildman–Crippen LogP) is 3.57. The van der Waals surface area contributed by atoms with Crippen LogP contribution in [0.15, 0.2) is 15.9 Å². The standard InChI is InChI=1S/C9H14BrNS/c1-3-4-7(11-2)8-5-6-9(10)12-8/h5-7,11H,3-4H2,1-2H3. The average Bonchev–Trinajstić information content (AvgIpc) is 2.47. The molecule has 1 aromatic rings. The Morgan fingerprint density at radius 1 is 1.58 bits per heavy atom. The van der Waals surface area contributed by atoms with Crippen molar-refractivity contribution in [3.05, 3.63) is 20.8 Å². The Morgan fingerprint density at radius 2 is 2.33 bits per heavy atom. The van der Waals surface area contributed by atoms with Gasteiger partial charge in [0.1, 0.15) is 0 Å². The molecule has 1 heterocycles. The second-order valence-corrected chi connectivity index (χ2v) is 5.27. The van der Waals surface area contributed by atoms with Crippen molar-refractivity contribution in [3.63, 3.8) is 0 Å². The lowest BCUT2D eigenvalue weighted by molar-refractivity contribution is 0.550. The zero-order valence-corrected chi connectivity index (χ0v) is 9.83. The largest absolute Gasteiger partial charge is 0.312 e. The van der Waals surface area contributed by atoms with Crippen molar-refractivity contribution in [2.45, 2.75) is 25.8 Å². The van der Waals surface area contributed by atoms with Crippen LogP contribution >= 0.6 is 27.3 Å². The lowest BCUT2D eigenvalue weighted by Gasteiger charge is -2.12. The van der Waals surface area contributed by atoms with E-state index in [1.54, 1.807) is 0 Å². The number of halogens is 1. The predicted molar refractivity (Wildman–Crippen MR) is 58.7 cm³/mol. The molecule has 1 unspecified atom stereocenters. The molecule has 3 heteroatoms. The van der Waals surface area contributed by atoms with Gasteiger partial charge in [-0.05, 0) is 41.5 Å². The lowest BCUT2D eigenvalue weighted by atomic mass is 10.1. The van der Waals surface area contributed by atoms with Gasteiger partial charge < -0.3 is 5.32 Å². The molecular formula is C9H14BrNS. The highest BCUT2D eigenvalue weighted by atomic mass is 79.9. The van der Waals surface area contributed by atoms with E-state index in [0.29, 0.717) is 6.04 Å². The molecule has 0 amide bonds. The number of rotatable bonds is 4. The van der Waals surface area contributed by atoms with Crippen molar-refractivity contribution < 1.29 is 0 Å². The summed E-state index contributed by atoms with van der Waals surface area (Å²) in [7, 11) is 2.02. The van der Waals surface area contributed by atoms with Crippen LogP contribution in [0.1, 0.15) is 30.7 Å². The Labute approximate surface area is 86.3 Å². The van der Waals surface area contributed by atoms with Crippen LogP contribution in [0.2, 0.25) is 0 Å². The zero-order chi connectivity index (χ0) is 8.97. The SMILES string of the molecule is CCCC(NC)c1ccc(Br)s1. The third-order valence-corrected chi connectivity index (χ3v) is 3.60. The van der Waals surface area contributed by atoms with Gasteiger partial charge in [-0.2, -0.15) is 0 Å². The van der Waals surface area contributed by atoms with Gasteiger partial charge in [0.2, 0.25) is 0 Å². The molecule has 0 aliphatic rings. The first-order valence-electron chi connectivity index (χ1n) is 4.20. The van der Waals surface area contributed by atoms with Crippen LogP contribution in [0.3, 0.4) is 0 Å². The van der Waals surface area contributed by atoms with Crippen LogP contribution < -0.4 is 5.32 Å². The van der Waals surface area contributed by atoms with Crippen LogP contribution in [0, 0.1) is 0 Å². The van der Waals surface area contributed by atoms with Gasteiger partial charge in [0.15, 0.2) is 0 Å². The molecule has 0 aliphatic carbocycles. The molecule has 0 aromatic carbocycles. The molecule has 0 bridgehead atoms. The zero-order valence-electron chi connectivity index (χ0n) is 7.43. The molecule has 0 saturated heterocycles. The Morgan fingerprint density at radius 3 is 2.75 bits per heavy atom. The van der Waals surface area contributed by atoms with Crippen molar-refractivity contribution >= 4 is 27.3 Å². The summed E-state index contributed by atoms with van der Waals surface area (Å²) in [5.41, 5.74) is 0. The fourth-order valence-corrected chi connectivity index (χ4v) is 2.80. The fourth-order valence-electron chi connectivity index (χ4n) is 1.23. The van der Waals surface area contributed by atoms with Gasteiger partial charge in [-0.25, -0.2) is 0 Å². The smallest absolute Gasteiger partial charge is 0.0701 e. The summed E-state index contributed by atoms with van der Waals surface area (Å²) in [5, 5.41) is 3.32. The van der Waals surface area contributed by atoms with Crippen molar-refractivity contribution in [2.24, 2.45) is 0 Å². The van der Waals surface area contributed by atoms with E-state index in [0.717, 1.165) is 0 Å². The van der Waals surface area contributed by atoms with Gasteiger partial charge >= 0.3 is 0 Å². The highest BCUT2D eigenvalue weighted by Crippen LogP contribution is 2.29.